The Morgan fingerprint density at radius 3 is 2.86 bits per heavy atom. The van der Waals surface area contributed by atoms with Crippen molar-refractivity contribution in [1.29, 1.82) is 0 Å². The number of carbonyl (C=O) groups excluding carboxylic acids is 1. The zero-order valence-corrected chi connectivity index (χ0v) is 12.8. The van der Waals surface area contributed by atoms with Crippen molar-refractivity contribution in [2.75, 3.05) is 18.4 Å². The monoisotopic (exact) mass is 302 g/mol. The zero-order chi connectivity index (χ0) is 14.7. The molecule has 6 heteroatoms. The van der Waals surface area contributed by atoms with Gasteiger partial charge in [-0.05, 0) is 54.1 Å². The fourth-order valence-corrected chi connectivity index (χ4v) is 3.38. The van der Waals surface area contributed by atoms with E-state index in [0.29, 0.717) is 17.6 Å². The highest BCUT2D eigenvalue weighted by Crippen LogP contribution is 2.29. The normalized spacial score (nSPS) is 16.0. The van der Waals surface area contributed by atoms with E-state index in [1.54, 1.807) is 23.6 Å². The molecular weight excluding hydrogens is 284 g/mol. The predicted octanol–water partition coefficient (Wildman–Crippen LogP) is 3.26. The number of thiophene rings is 1. The predicted molar refractivity (Wildman–Crippen MR) is 83.7 cm³/mol. The second-order valence-electron chi connectivity index (χ2n) is 5.24. The molecule has 0 unspecified atom stereocenters. The van der Waals surface area contributed by atoms with Crippen LogP contribution in [0.4, 0.5) is 10.6 Å². The van der Waals surface area contributed by atoms with Crippen LogP contribution in [-0.4, -0.2) is 34.0 Å². The first-order valence-corrected chi connectivity index (χ1v) is 8.04. The van der Waals surface area contributed by atoms with E-state index < -0.39 is 0 Å². The van der Waals surface area contributed by atoms with Gasteiger partial charge < -0.3 is 4.90 Å². The van der Waals surface area contributed by atoms with Gasteiger partial charge in [0.25, 0.3) is 0 Å². The molecule has 1 aliphatic rings. The highest BCUT2D eigenvalue weighted by molar-refractivity contribution is 7.07. The fraction of sp³-hybridized carbons (Fsp3) is 0.400. The molecule has 0 radical (unpaired) electrons. The molecular formula is C15H18N4OS. The average Bonchev–Trinajstić information content (AvgIpc) is 3.01. The van der Waals surface area contributed by atoms with Crippen LogP contribution in [0.3, 0.4) is 0 Å². The highest BCUT2D eigenvalue weighted by Gasteiger charge is 2.24. The molecule has 0 bridgehead atoms. The van der Waals surface area contributed by atoms with Gasteiger partial charge in [0, 0.05) is 19.3 Å². The molecule has 0 saturated carbocycles. The Morgan fingerprint density at radius 2 is 2.19 bits per heavy atom. The van der Waals surface area contributed by atoms with Crippen molar-refractivity contribution >= 4 is 23.2 Å². The average molecular weight is 302 g/mol. The molecule has 1 N–H and O–H groups in total. The van der Waals surface area contributed by atoms with Gasteiger partial charge >= 0.3 is 6.03 Å². The number of piperidine rings is 1. The van der Waals surface area contributed by atoms with Crippen LogP contribution in [0.2, 0.25) is 0 Å². The first-order chi connectivity index (χ1) is 10.2. The maximum atomic E-state index is 12.2. The first-order valence-electron chi connectivity index (χ1n) is 7.10. The van der Waals surface area contributed by atoms with Crippen LogP contribution in [0.5, 0.6) is 0 Å². The minimum atomic E-state index is -0.0723. The Labute approximate surface area is 128 Å². The highest BCUT2D eigenvalue weighted by atomic mass is 32.1. The van der Waals surface area contributed by atoms with E-state index in [4.69, 9.17) is 0 Å². The third kappa shape index (κ3) is 3.39. The molecule has 0 spiro atoms. The van der Waals surface area contributed by atoms with E-state index >= 15 is 0 Å². The van der Waals surface area contributed by atoms with Crippen LogP contribution in [0.1, 0.15) is 30.1 Å². The summed E-state index contributed by atoms with van der Waals surface area (Å²) in [4.78, 5) is 22.3. The molecule has 1 fully saturated rings. The Balaban J connectivity index is 1.55. The number of rotatable bonds is 2. The van der Waals surface area contributed by atoms with Gasteiger partial charge in [0.2, 0.25) is 0 Å². The molecule has 1 saturated heterocycles. The van der Waals surface area contributed by atoms with Gasteiger partial charge in [-0.1, -0.05) is 0 Å². The number of urea groups is 1. The maximum Gasteiger partial charge on any atom is 0.323 e. The van der Waals surface area contributed by atoms with Crippen molar-refractivity contribution in [2.45, 2.75) is 25.7 Å². The van der Waals surface area contributed by atoms with Crippen LogP contribution < -0.4 is 5.32 Å². The molecule has 2 amide bonds. The molecule has 2 aromatic heterocycles. The van der Waals surface area contributed by atoms with Crippen molar-refractivity contribution in [2.24, 2.45) is 0 Å². The first kappa shape index (κ1) is 14.0. The molecule has 1 aliphatic heterocycles. The van der Waals surface area contributed by atoms with Crippen molar-refractivity contribution in [3.63, 3.8) is 0 Å². The number of nitrogens with one attached hydrogen (secondary N) is 1. The summed E-state index contributed by atoms with van der Waals surface area (Å²) in [6, 6.07) is 3.83. The summed E-state index contributed by atoms with van der Waals surface area (Å²) >= 11 is 1.74. The lowest BCUT2D eigenvalue weighted by atomic mass is 9.91. The summed E-state index contributed by atoms with van der Waals surface area (Å²) in [6.45, 7) is 3.38. The van der Waals surface area contributed by atoms with Crippen LogP contribution in [-0.2, 0) is 0 Å². The van der Waals surface area contributed by atoms with E-state index in [1.165, 1.54) is 5.56 Å². The molecule has 5 nitrogen and oxygen atoms in total. The number of carbonyl (C=O) groups is 1. The lowest BCUT2D eigenvalue weighted by Crippen LogP contribution is -2.40. The van der Waals surface area contributed by atoms with E-state index in [0.717, 1.165) is 25.9 Å². The largest absolute Gasteiger partial charge is 0.324 e. The Morgan fingerprint density at radius 1 is 1.38 bits per heavy atom. The standard InChI is InChI=1S/C15H18N4OS/c1-11-16-6-2-14(17-11)18-15(20)19-7-3-12(4-8-19)13-5-9-21-10-13/h2,5-6,9-10,12H,3-4,7-8H2,1H3,(H,16,17,18,20). The van der Waals surface area contributed by atoms with Gasteiger partial charge in [0.05, 0.1) is 0 Å². The van der Waals surface area contributed by atoms with Gasteiger partial charge in [-0.25, -0.2) is 14.8 Å². The van der Waals surface area contributed by atoms with Crippen molar-refractivity contribution in [1.82, 2.24) is 14.9 Å². The van der Waals surface area contributed by atoms with Gasteiger partial charge in [0.1, 0.15) is 11.6 Å². The Hall–Kier alpha value is -1.95. The Bertz CT molecular complexity index is 606. The summed E-state index contributed by atoms with van der Waals surface area (Å²) in [5.41, 5.74) is 1.41. The third-order valence-electron chi connectivity index (χ3n) is 3.81. The number of likely N-dealkylation sites (tertiary alicyclic amines) is 1. The molecule has 3 rings (SSSR count). The van der Waals surface area contributed by atoms with Crippen LogP contribution in [0.15, 0.2) is 29.1 Å². The van der Waals surface area contributed by atoms with E-state index in [-0.39, 0.29) is 6.03 Å². The number of aromatic nitrogens is 2. The molecule has 2 aromatic rings. The number of anilines is 1. The number of hydrogen-bond donors (Lipinski definition) is 1. The van der Waals surface area contributed by atoms with Crippen molar-refractivity contribution < 1.29 is 4.79 Å². The lowest BCUT2D eigenvalue weighted by Gasteiger charge is -2.31. The summed E-state index contributed by atoms with van der Waals surface area (Å²) in [6.07, 6.45) is 3.70. The van der Waals surface area contributed by atoms with Crippen LogP contribution in [0, 0.1) is 6.92 Å². The molecule has 110 valence electrons. The summed E-state index contributed by atoms with van der Waals surface area (Å²) in [7, 11) is 0. The van der Waals surface area contributed by atoms with Crippen molar-refractivity contribution in [3.8, 4) is 0 Å². The third-order valence-corrected chi connectivity index (χ3v) is 4.51. The van der Waals surface area contributed by atoms with E-state index in [2.05, 4.69) is 32.1 Å². The van der Waals surface area contributed by atoms with Gasteiger partial charge in [-0.2, -0.15) is 11.3 Å². The zero-order valence-electron chi connectivity index (χ0n) is 12.0. The topological polar surface area (TPSA) is 58.1 Å². The summed E-state index contributed by atoms with van der Waals surface area (Å²) < 4.78 is 0. The molecule has 3 heterocycles. The quantitative estimate of drug-likeness (QED) is 0.926. The second kappa shape index (κ2) is 6.22. The molecule has 21 heavy (non-hydrogen) atoms. The minimum Gasteiger partial charge on any atom is -0.324 e. The number of hydrogen-bond acceptors (Lipinski definition) is 4. The minimum absolute atomic E-state index is 0.0723. The molecule has 0 aromatic carbocycles. The number of nitrogens with zero attached hydrogens (tertiary/aromatic N) is 3. The maximum absolute atomic E-state index is 12.2. The van der Waals surface area contributed by atoms with E-state index in [1.807, 2.05) is 11.8 Å². The van der Waals surface area contributed by atoms with Crippen LogP contribution >= 0.6 is 11.3 Å². The van der Waals surface area contributed by atoms with Gasteiger partial charge in [0.15, 0.2) is 0 Å². The smallest absolute Gasteiger partial charge is 0.323 e. The van der Waals surface area contributed by atoms with Crippen LogP contribution in [0.25, 0.3) is 0 Å². The molecule has 0 atom stereocenters. The number of aryl methyl sites for hydroxylation is 1. The van der Waals surface area contributed by atoms with Gasteiger partial charge in [-0.15, -0.1) is 0 Å². The summed E-state index contributed by atoms with van der Waals surface area (Å²) in [5.74, 6) is 1.80. The Kier molecular flexibility index (Phi) is 4.15. The summed E-state index contributed by atoms with van der Waals surface area (Å²) in [5, 5.41) is 7.17. The van der Waals surface area contributed by atoms with Gasteiger partial charge in [-0.3, -0.25) is 5.32 Å². The SMILES string of the molecule is Cc1nccc(NC(=O)N2CCC(c3ccsc3)CC2)n1. The number of amides is 2. The lowest BCUT2D eigenvalue weighted by molar-refractivity contribution is 0.194. The van der Waals surface area contributed by atoms with Crippen molar-refractivity contribution in [3.05, 3.63) is 40.5 Å². The van der Waals surface area contributed by atoms with E-state index in [9.17, 15) is 4.79 Å². The second-order valence-corrected chi connectivity index (χ2v) is 6.02. The molecule has 0 aliphatic carbocycles. The fourth-order valence-electron chi connectivity index (χ4n) is 2.64.